The number of rotatable bonds is 4. The summed E-state index contributed by atoms with van der Waals surface area (Å²) in [6, 6.07) is 0.304. The molecule has 0 bridgehead atoms. The van der Waals surface area contributed by atoms with Crippen molar-refractivity contribution in [3.05, 3.63) is 119 Å². The Hall–Kier alpha value is -3.20. The Labute approximate surface area is 206 Å². The van der Waals surface area contributed by atoms with E-state index < -0.39 is 0 Å². The summed E-state index contributed by atoms with van der Waals surface area (Å²) in [5.41, 5.74) is 8.55. The average molecular weight is 455 g/mol. The standard InChI is InChI=1S/C31H36N2O.H2/c1-8-34-22(3)24-19-33-27(18-21(24)2)29(32(7)20-28(33)30(4,5)6)26-15-10-14-25(23-12-9-13-23)31(26)16-11-17-31;/h9-16,18-19,28H,2-3,8,17,20H2,1,4-7H3;1H/b29-26-;. The largest absolute Gasteiger partial charge is 0.494 e. The molecule has 2 aliphatic heterocycles. The molecule has 1 saturated heterocycles. The molecule has 178 valence electrons. The number of nitrogens with zero attached hydrogens (tertiary/aromatic N) is 2. The molecule has 0 aromatic heterocycles. The van der Waals surface area contributed by atoms with Crippen molar-refractivity contribution in [1.29, 1.82) is 0 Å². The van der Waals surface area contributed by atoms with Crippen molar-refractivity contribution in [2.75, 3.05) is 20.2 Å². The second-order valence-corrected chi connectivity index (χ2v) is 10.9. The monoisotopic (exact) mass is 454 g/mol. The molecule has 3 aliphatic carbocycles. The molecule has 1 fully saturated rings. The Morgan fingerprint density at radius 3 is 2.50 bits per heavy atom. The van der Waals surface area contributed by atoms with E-state index in [1.165, 1.54) is 28.1 Å². The molecule has 0 N–H and O–H groups in total. The Kier molecular flexibility index (Phi) is 5.27. The second-order valence-electron chi connectivity index (χ2n) is 10.9. The van der Waals surface area contributed by atoms with Crippen LogP contribution in [0.2, 0.25) is 0 Å². The van der Waals surface area contributed by atoms with Gasteiger partial charge in [0.2, 0.25) is 0 Å². The zero-order chi connectivity index (χ0) is 24.3. The van der Waals surface area contributed by atoms with Gasteiger partial charge >= 0.3 is 0 Å². The van der Waals surface area contributed by atoms with Crippen molar-refractivity contribution in [3.63, 3.8) is 0 Å². The van der Waals surface area contributed by atoms with Crippen molar-refractivity contribution in [2.45, 2.75) is 40.2 Å². The van der Waals surface area contributed by atoms with Crippen LogP contribution in [0.25, 0.3) is 0 Å². The predicted octanol–water partition coefficient (Wildman–Crippen LogP) is 6.98. The van der Waals surface area contributed by atoms with E-state index in [1.54, 1.807) is 0 Å². The maximum atomic E-state index is 5.79. The fraction of sp³-hybridized carbons (Fsp3) is 0.355. The third kappa shape index (κ3) is 3.33. The number of hydrogen-bond acceptors (Lipinski definition) is 3. The van der Waals surface area contributed by atoms with Crippen LogP contribution in [0, 0.1) is 10.8 Å². The SMILES string of the molecule is C=C1C=C2/C(=C3\C=CC=C(C4=CC=C4)C34C=CC4)N(C)CC(C(C)(C)C)N2C=C1C(=C)OCC.[HH]. The van der Waals surface area contributed by atoms with Gasteiger partial charge < -0.3 is 14.5 Å². The second kappa shape index (κ2) is 7.94. The van der Waals surface area contributed by atoms with Gasteiger partial charge in [-0.15, -0.1) is 0 Å². The first-order chi connectivity index (χ1) is 16.2. The maximum Gasteiger partial charge on any atom is 0.121 e. The lowest BCUT2D eigenvalue weighted by molar-refractivity contribution is 0.111. The zero-order valence-corrected chi connectivity index (χ0v) is 21.2. The van der Waals surface area contributed by atoms with Crippen molar-refractivity contribution in [3.8, 4) is 0 Å². The fourth-order valence-electron chi connectivity index (χ4n) is 5.68. The van der Waals surface area contributed by atoms with Crippen LogP contribution in [0.3, 0.4) is 0 Å². The Morgan fingerprint density at radius 2 is 1.94 bits per heavy atom. The van der Waals surface area contributed by atoms with E-state index in [-0.39, 0.29) is 12.3 Å². The zero-order valence-electron chi connectivity index (χ0n) is 21.2. The van der Waals surface area contributed by atoms with E-state index in [4.69, 9.17) is 4.74 Å². The third-order valence-electron chi connectivity index (χ3n) is 7.68. The normalized spacial score (nSPS) is 29.7. The molecule has 1 spiro atoms. The van der Waals surface area contributed by atoms with E-state index >= 15 is 0 Å². The smallest absolute Gasteiger partial charge is 0.121 e. The third-order valence-corrected chi connectivity index (χ3v) is 7.68. The van der Waals surface area contributed by atoms with Crippen molar-refractivity contribution in [2.24, 2.45) is 10.8 Å². The highest BCUT2D eigenvalue weighted by Gasteiger charge is 2.47. The summed E-state index contributed by atoms with van der Waals surface area (Å²) in [4.78, 5) is 4.92. The molecule has 34 heavy (non-hydrogen) atoms. The average Bonchev–Trinajstić information content (AvgIpc) is 2.69. The Bertz CT molecular complexity index is 1210. The minimum Gasteiger partial charge on any atom is -0.494 e. The number of fused-ring (bicyclic) bond motifs is 1. The van der Waals surface area contributed by atoms with Crippen LogP contribution in [-0.2, 0) is 4.74 Å². The van der Waals surface area contributed by atoms with Crippen LogP contribution < -0.4 is 0 Å². The van der Waals surface area contributed by atoms with Gasteiger partial charge in [0.15, 0.2) is 0 Å². The first-order valence-electron chi connectivity index (χ1n) is 12.3. The molecule has 2 unspecified atom stereocenters. The summed E-state index contributed by atoms with van der Waals surface area (Å²) in [7, 11) is 2.24. The van der Waals surface area contributed by atoms with Crippen LogP contribution in [0.1, 0.15) is 35.5 Å². The van der Waals surface area contributed by atoms with Crippen LogP contribution in [0.4, 0.5) is 0 Å². The molecule has 0 aromatic carbocycles. The van der Waals surface area contributed by atoms with Crippen molar-refractivity contribution in [1.82, 2.24) is 9.80 Å². The molecule has 0 amide bonds. The van der Waals surface area contributed by atoms with Gasteiger partial charge in [-0.25, -0.2) is 0 Å². The molecule has 3 heteroatoms. The highest BCUT2D eigenvalue weighted by atomic mass is 16.5. The topological polar surface area (TPSA) is 15.7 Å². The lowest BCUT2D eigenvalue weighted by atomic mass is 9.60. The molecule has 3 nitrogen and oxygen atoms in total. The molecule has 0 saturated carbocycles. The molecule has 2 heterocycles. The molecular weight excluding hydrogens is 416 g/mol. The van der Waals surface area contributed by atoms with Crippen molar-refractivity contribution < 1.29 is 6.16 Å². The summed E-state index contributed by atoms with van der Waals surface area (Å²) in [5, 5.41) is 0. The quantitative estimate of drug-likeness (QED) is 0.337. The summed E-state index contributed by atoms with van der Waals surface area (Å²) < 4.78 is 5.79. The first-order valence-corrected chi connectivity index (χ1v) is 12.3. The summed E-state index contributed by atoms with van der Waals surface area (Å²) >= 11 is 0. The van der Waals surface area contributed by atoms with E-state index in [9.17, 15) is 0 Å². The Balaban J connectivity index is 0.00000289. The molecule has 0 radical (unpaired) electrons. The van der Waals surface area contributed by atoms with Crippen molar-refractivity contribution >= 4 is 0 Å². The van der Waals surface area contributed by atoms with E-state index in [1.807, 2.05) is 6.92 Å². The first kappa shape index (κ1) is 22.6. The number of piperazine rings is 1. The van der Waals surface area contributed by atoms with Gasteiger partial charge in [0.25, 0.3) is 0 Å². The van der Waals surface area contributed by atoms with Gasteiger partial charge in [-0.05, 0) is 47.1 Å². The molecule has 0 aromatic rings. The van der Waals surface area contributed by atoms with Crippen LogP contribution in [0.15, 0.2) is 119 Å². The summed E-state index contributed by atoms with van der Waals surface area (Å²) in [6.45, 7) is 19.1. The van der Waals surface area contributed by atoms with Gasteiger partial charge in [-0.3, -0.25) is 0 Å². The maximum absolute atomic E-state index is 5.79. The van der Waals surface area contributed by atoms with Gasteiger partial charge in [-0.2, -0.15) is 0 Å². The molecule has 5 aliphatic rings. The minimum absolute atomic E-state index is 0. The molecule has 2 atom stereocenters. The lowest BCUT2D eigenvalue weighted by Gasteiger charge is -2.53. The van der Waals surface area contributed by atoms with E-state index in [2.05, 4.69) is 112 Å². The molecule has 5 rings (SSSR count). The van der Waals surface area contributed by atoms with Gasteiger partial charge in [0.1, 0.15) is 5.76 Å². The van der Waals surface area contributed by atoms with Gasteiger partial charge in [0, 0.05) is 32.2 Å². The van der Waals surface area contributed by atoms with Crippen LogP contribution >= 0.6 is 0 Å². The van der Waals surface area contributed by atoms with Gasteiger partial charge in [-0.1, -0.05) is 82.5 Å². The van der Waals surface area contributed by atoms with Gasteiger partial charge in [0.05, 0.1) is 24.0 Å². The van der Waals surface area contributed by atoms with E-state index in [0.29, 0.717) is 18.4 Å². The minimum atomic E-state index is -0.0732. The number of allylic oxidation sites excluding steroid dienone is 13. The predicted molar refractivity (Wildman–Crippen MR) is 144 cm³/mol. The van der Waals surface area contributed by atoms with E-state index in [0.717, 1.165) is 24.1 Å². The highest BCUT2D eigenvalue weighted by molar-refractivity contribution is 5.67. The molecular formula is C31H38N2O. The number of hydrogen-bond donors (Lipinski definition) is 0. The lowest BCUT2D eigenvalue weighted by Crippen LogP contribution is -2.54. The fourth-order valence-corrected chi connectivity index (χ4v) is 5.68. The number of ether oxygens (including phenoxy) is 1. The summed E-state index contributed by atoms with van der Waals surface area (Å²) in [6.07, 6.45) is 23.6. The van der Waals surface area contributed by atoms with Crippen LogP contribution in [0.5, 0.6) is 0 Å². The number of likely N-dealkylation sites (N-methyl/N-ethyl adjacent to an activating group) is 1. The van der Waals surface area contributed by atoms with Crippen LogP contribution in [-0.4, -0.2) is 36.0 Å². The highest BCUT2D eigenvalue weighted by Crippen LogP contribution is 2.55. The summed E-state index contributed by atoms with van der Waals surface area (Å²) in [5.74, 6) is 0.688. The Morgan fingerprint density at radius 1 is 1.24 bits per heavy atom.